The van der Waals surface area contributed by atoms with Gasteiger partial charge in [-0.1, -0.05) is 12.1 Å². The Balaban J connectivity index is 1.67. The summed E-state index contributed by atoms with van der Waals surface area (Å²) in [6, 6.07) is 13.0. The molecule has 0 fully saturated rings. The van der Waals surface area contributed by atoms with Crippen LogP contribution in [-0.4, -0.2) is 30.5 Å². The minimum Gasteiger partial charge on any atom is -0.493 e. The van der Waals surface area contributed by atoms with Crippen molar-refractivity contribution in [2.24, 2.45) is 0 Å². The van der Waals surface area contributed by atoms with E-state index in [-0.39, 0.29) is 18.3 Å². The SMILES string of the molecule is COc1cc2nc(Nc3ccc(OC(F)(F)F)cc3)nc(NCc3cccc(C(F)(F)F)c3)c2cc1OC. The van der Waals surface area contributed by atoms with E-state index in [2.05, 4.69) is 25.3 Å². The number of fused-ring (bicyclic) bond motifs is 1. The van der Waals surface area contributed by atoms with Crippen molar-refractivity contribution in [2.45, 2.75) is 19.1 Å². The molecule has 1 aromatic heterocycles. The van der Waals surface area contributed by atoms with Crippen LogP contribution < -0.4 is 24.8 Å². The summed E-state index contributed by atoms with van der Waals surface area (Å²) >= 11 is 0. The van der Waals surface area contributed by atoms with Crippen LogP contribution >= 0.6 is 0 Å². The van der Waals surface area contributed by atoms with Crippen molar-refractivity contribution >= 4 is 28.4 Å². The van der Waals surface area contributed by atoms with Crippen molar-refractivity contribution in [3.05, 3.63) is 71.8 Å². The van der Waals surface area contributed by atoms with E-state index in [1.54, 1.807) is 18.2 Å². The number of benzene rings is 3. The van der Waals surface area contributed by atoms with Gasteiger partial charge in [-0.3, -0.25) is 0 Å². The second-order valence-corrected chi connectivity index (χ2v) is 7.87. The van der Waals surface area contributed by atoms with Gasteiger partial charge in [0.25, 0.3) is 0 Å². The van der Waals surface area contributed by atoms with Crippen LogP contribution in [0.25, 0.3) is 10.9 Å². The highest BCUT2D eigenvalue weighted by Gasteiger charge is 2.31. The summed E-state index contributed by atoms with van der Waals surface area (Å²) in [5.74, 6) is 0.699. The summed E-state index contributed by atoms with van der Waals surface area (Å²) in [7, 11) is 2.89. The van der Waals surface area contributed by atoms with Gasteiger partial charge < -0.3 is 24.8 Å². The lowest BCUT2D eigenvalue weighted by Crippen LogP contribution is -2.17. The van der Waals surface area contributed by atoms with E-state index in [1.165, 1.54) is 32.4 Å². The molecule has 0 radical (unpaired) electrons. The van der Waals surface area contributed by atoms with Crippen LogP contribution in [0.3, 0.4) is 0 Å². The summed E-state index contributed by atoms with van der Waals surface area (Å²) in [6.45, 7) is 0.00724. The van der Waals surface area contributed by atoms with E-state index in [4.69, 9.17) is 9.47 Å². The maximum Gasteiger partial charge on any atom is 0.573 e. The maximum absolute atomic E-state index is 13.1. The van der Waals surface area contributed by atoms with Crippen molar-refractivity contribution < 1.29 is 40.6 Å². The molecule has 2 N–H and O–H groups in total. The molecule has 3 aromatic carbocycles. The van der Waals surface area contributed by atoms with Crippen molar-refractivity contribution in [1.29, 1.82) is 0 Å². The Morgan fingerprint density at radius 2 is 1.50 bits per heavy atom. The van der Waals surface area contributed by atoms with E-state index in [0.717, 1.165) is 24.3 Å². The van der Waals surface area contributed by atoms with E-state index in [0.29, 0.717) is 33.7 Å². The van der Waals surface area contributed by atoms with Gasteiger partial charge in [-0.15, -0.1) is 13.2 Å². The van der Waals surface area contributed by atoms with Crippen LogP contribution in [0.15, 0.2) is 60.7 Å². The molecule has 1 heterocycles. The third kappa shape index (κ3) is 6.47. The molecule has 0 amide bonds. The number of aromatic nitrogens is 2. The van der Waals surface area contributed by atoms with Crippen LogP contribution in [0.4, 0.5) is 43.8 Å². The van der Waals surface area contributed by atoms with Gasteiger partial charge in [0.2, 0.25) is 5.95 Å². The first-order valence-electron chi connectivity index (χ1n) is 10.9. The van der Waals surface area contributed by atoms with E-state index in [1.807, 2.05) is 0 Å². The largest absolute Gasteiger partial charge is 0.573 e. The van der Waals surface area contributed by atoms with Crippen molar-refractivity contribution in [2.75, 3.05) is 24.9 Å². The standard InChI is InChI=1S/C25H20F6N4O3/c1-36-20-11-18-19(12-21(20)37-2)34-23(33-16-6-8-17(9-7-16)38-25(29,30)31)35-22(18)32-13-14-4-3-5-15(10-14)24(26,27)28/h3-12H,13H2,1-2H3,(H2,32,33,34,35). The van der Waals surface area contributed by atoms with Gasteiger partial charge in [-0.25, -0.2) is 4.98 Å². The van der Waals surface area contributed by atoms with Gasteiger partial charge in [-0.2, -0.15) is 18.2 Å². The zero-order valence-corrected chi connectivity index (χ0v) is 19.9. The molecule has 38 heavy (non-hydrogen) atoms. The Labute approximate surface area is 212 Å². The lowest BCUT2D eigenvalue weighted by Gasteiger charge is -2.15. The fourth-order valence-electron chi connectivity index (χ4n) is 3.56. The summed E-state index contributed by atoms with van der Waals surface area (Å²) in [6.07, 6.45) is -9.31. The van der Waals surface area contributed by atoms with E-state index < -0.39 is 23.9 Å². The minimum atomic E-state index is -4.82. The van der Waals surface area contributed by atoms with Crippen LogP contribution in [0.2, 0.25) is 0 Å². The number of hydrogen-bond acceptors (Lipinski definition) is 7. The maximum atomic E-state index is 13.1. The Kier molecular flexibility index (Phi) is 7.37. The second kappa shape index (κ2) is 10.5. The first kappa shape index (κ1) is 26.6. The average molecular weight is 538 g/mol. The number of methoxy groups -OCH3 is 2. The zero-order valence-electron chi connectivity index (χ0n) is 19.9. The van der Waals surface area contributed by atoms with Gasteiger partial charge in [0, 0.05) is 23.7 Å². The highest BCUT2D eigenvalue weighted by molar-refractivity contribution is 5.93. The number of hydrogen-bond donors (Lipinski definition) is 2. The summed E-state index contributed by atoms with van der Waals surface area (Å²) in [5, 5.41) is 6.43. The van der Waals surface area contributed by atoms with Crippen molar-refractivity contribution in [3.8, 4) is 17.2 Å². The lowest BCUT2D eigenvalue weighted by atomic mass is 10.1. The van der Waals surface area contributed by atoms with Gasteiger partial charge in [0.05, 0.1) is 25.3 Å². The van der Waals surface area contributed by atoms with Crippen LogP contribution in [0.5, 0.6) is 17.2 Å². The normalized spacial score (nSPS) is 11.8. The number of halogens is 6. The van der Waals surface area contributed by atoms with Gasteiger partial charge in [-0.05, 0) is 48.0 Å². The van der Waals surface area contributed by atoms with Crippen LogP contribution in [0, 0.1) is 0 Å². The number of alkyl halides is 6. The minimum absolute atomic E-state index is 0.00724. The molecule has 0 aliphatic rings. The average Bonchev–Trinajstić information content (AvgIpc) is 2.86. The first-order chi connectivity index (χ1) is 17.9. The molecule has 7 nitrogen and oxygen atoms in total. The molecule has 0 unspecified atom stereocenters. The molecule has 0 bridgehead atoms. The Bertz CT molecular complexity index is 1430. The van der Waals surface area contributed by atoms with Gasteiger partial charge in [0.15, 0.2) is 11.5 Å². The molecular formula is C25H20F6N4O3. The van der Waals surface area contributed by atoms with Gasteiger partial charge in [0.1, 0.15) is 11.6 Å². The fraction of sp³-hybridized carbons (Fsp3) is 0.200. The third-order valence-electron chi connectivity index (χ3n) is 5.26. The molecule has 0 spiro atoms. The quantitative estimate of drug-likeness (QED) is 0.236. The predicted molar refractivity (Wildman–Crippen MR) is 128 cm³/mol. The number of anilines is 3. The molecule has 4 aromatic rings. The highest BCUT2D eigenvalue weighted by Crippen LogP contribution is 2.36. The smallest absolute Gasteiger partial charge is 0.493 e. The molecule has 0 saturated carbocycles. The van der Waals surface area contributed by atoms with Crippen molar-refractivity contribution in [3.63, 3.8) is 0 Å². The molecular weight excluding hydrogens is 518 g/mol. The third-order valence-corrected chi connectivity index (χ3v) is 5.26. The number of ether oxygens (including phenoxy) is 3. The molecule has 200 valence electrons. The van der Waals surface area contributed by atoms with Gasteiger partial charge >= 0.3 is 12.5 Å². The molecule has 0 aliphatic heterocycles. The zero-order chi connectivity index (χ0) is 27.5. The van der Waals surface area contributed by atoms with E-state index in [9.17, 15) is 26.3 Å². The molecule has 0 aliphatic carbocycles. The Hall–Kier alpha value is -4.42. The Morgan fingerprint density at radius 3 is 2.13 bits per heavy atom. The topological polar surface area (TPSA) is 77.5 Å². The number of rotatable bonds is 8. The molecule has 0 atom stereocenters. The summed E-state index contributed by atoms with van der Waals surface area (Å²) < 4.78 is 91.2. The number of nitrogens with zero attached hydrogens (tertiary/aromatic N) is 2. The Morgan fingerprint density at radius 1 is 0.816 bits per heavy atom. The first-order valence-corrected chi connectivity index (χ1v) is 10.9. The highest BCUT2D eigenvalue weighted by atomic mass is 19.4. The fourth-order valence-corrected chi connectivity index (χ4v) is 3.56. The predicted octanol–water partition coefficient (Wildman–Crippen LogP) is 6.92. The van der Waals surface area contributed by atoms with Crippen LogP contribution in [-0.2, 0) is 12.7 Å². The van der Waals surface area contributed by atoms with E-state index >= 15 is 0 Å². The lowest BCUT2D eigenvalue weighted by molar-refractivity contribution is -0.274. The second-order valence-electron chi connectivity index (χ2n) is 7.87. The summed E-state index contributed by atoms with van der Waals surface area (Å²) in [4.78, 5) is 8.87. The van der Waals surface area contributed by atoms with Crippen molar-refractivity contribution in [1.82, 2.24) is 9.97 Å². The monoisotopic (exact) mass is 538 g/mol. The van der Waals surface area contributed by atoms with Crippen LogP contribution in [0.1, 0.15) is 11.1 Å². The number of nitrogens with one attached hydrogen (secondary N) is 2. The molecule has 4 rings (SSSR count). The molecule has 0 saturated heterocycles. The summed E-state index contributed by atoms with van der Waals surface area (Å²) in [5.41, 5.74) is 0.352. The molecule has 13 heteroatoms.